The van der Waals surface area contributed by atoms with Crippen LogP contribution in [0.3, 0.4) is 0 Å². The van der Waals surface area contributed by atoms with Crippen molar-refractivity contribution in [3.63, 3.8) is 0 Å². The van der Waals surface area contributed by atoms with Gasteiger partial charge in [-0.3, -0.25) is 19.2 Å². The largest absolute Gasteiger partial charge is 0.672 e. The first-order chi connectivity index (χ1) is 20.7. The number of allylic oxidation sites excluding steroid dienone is 2. The number of ether oxygens (including phenoxy) is 2. The molecular weight excluding hydrogens is 748 g/mol. The van der Waals surface area contributed by atoms with E-state index in [2.05, 4.69) is 10.6 Å². The smallest absolute Gasteiger partial charge is 0.221 e. The van der Waals surface area contributed by atoms with Crippen molar-refractivity contribution in [1.82, 2.24) is 10.6 Å². The second-order valence-corrected chi connectivity index (χ2v) is 9.82. The van der Waals surface area contributed by atoms with Crippen molar-refractivity contribution < 1.29 is 49.7 Å². The molecule has 0 bridgehead atoms. The Kier molecular flexibility index (Phi) is 18.3. The van der Waals surface area contributed by atoms with Crippen molar-refractivity contribution in [2.24, 2.45) is 5.73 Å². The molecule has 2 atom stereocenters. The molecule has 0 fully saturated rings. The minimum absolute atomic E-state index is 0. The Labute approximate surface area is 277 Å². The average molecular weight is 786 g/mol. The molecule has 45 heavy (non-hydrogen) atoms. The normalized spacial score (nSPS) is 12.0. The van der Waals surface area contributed by atoms with E-state index in [9.17, 15) is 19.2 Å². The van der Waals surface area contributed by atoms with Gasteiger partial charge in [0.1, 0.15) is 18.1 Å². The summed E-state index contributed by atoms with van der Waals surface area (Å²) in [5.41, 5.74) is 15.4. The van der Waals surface area contributed by atoms with E-state index in [1.165, 1.54) is 39.8 Å². The fourth-order valence-electron chi connectivity index (χ4n) is 3.27. The third-order valence-corrected chi connectivity index (χ3v) is 5.26. The predicted molar refractivity (Wildman–Crippen MR) is 166 cm³/mol. The fraction of sp³-hybridized carbons (Fsp3) is 0.312. The molecule has 2 aromatic carbocycles. The Bertz CT molecular complexity index is 1410. The molecule has 12 nitrogen and oxygen atoms in total. The molecule has 0 aromatic heterocycles. The number of nitriles is 2. The van der Waals surface area contributed by atoms with Crippen molar-refractivity contribution in [3.8, 4) is 23.6 Å². The molecule has 5 N–H and O–H groups in total. The molecule has 0 saturated carbocycles. The molecule has 0 aliphatic rings. The van der Waals surface area contributed by atoms with Gasteiger partial charge in [0.15, 0.2) is 11.6 Å². The van der Waals surface area contributed by atoms with Crippen molar-refractivity contribution in [2.75, 3.05) is 13.2 Å². The minimum atomic E-state index is -0.426. The SMILES string of the molecule is CC(=O)N/C(=C\c1ccc(C#N)cc1OCC(C)N)C(C)=O.CC(=O)N/C(=C\c1ccc(C#N)cc1OCC(C)[NH-])C(C)=O.[W]. The van der Waals surface area contributed by atoms with Gasteiger partial charge in [-0.1, -0.05) is 6.92 Å². The Morgan fingerprint density at radius 2 is 1.18 bits per heavy atom. The molecule has 0 heterocycles. The number of nitrogens with two attached hydrogens (primary N) is 1. The van der Waals surface area contributed by atoms with Crippen LogP contribution in [-0.2, 0) is 40.2 Å². The first-order valence-corrected chi connectivity index (χ1v) is 13.5. The number of nitrogens with zero attached hydrogens (tertiary/aromatic N) is 2. The number of hydrogen-bond donors (Lipinski definition) is 3. The molecular formula is C32H37N6O6W-. The second-order valence-electron chi connectivity index (χ2n) is 9.82. The third kappa shape index (κ3) is 15.6. The van der Waals surface area contributed by atoms with Crippen LogP contribution in [0.5, 0.6) is 11.5 Å². The van der Waals surface area contributed by atoms with Gasteiger partial charge >= 0.3 is 0 Å². The van der Waals surface area contributed by atoms with Gasteiger partial charge in [0.25, 0.3) is 0 Å². The number of nitrogens with one attached hydrogen (secondary N) is 3. The molecule has 2 rings (SSSR count). The maximum absolute atomic E-state index is 11.6. The van der Waals surface area contributed by atoms with Crippen molar-refractivity contribution in [3.05, 3.63) is 75.8 Å². The molecule has 0 aliphatic carbocycles. The Hall–Kier alpha value is -4.61. The summed E-state index contributed by atoms with van der Waals surface area (Å²) >= 11 is 0. The summed E-state index contributed by atoms with van der Waals surface area (Å²) in [5, 5.41) is 22.9. The van der Waals surface area contributed by atoms with Gasteiger partial charge in [-0.2, -0.15) is 10.5 Å². The van der Waals surface area contributed by atoms with Crippen LogP contribution in [0.4, 0.5) is 0 Å². The van der Waals surface area contributed by atoms with Crippen LogP contribution < -0.4 is 25.8 Å². The number of amides is 2. The van der Waals surface area contributed by atoms with Crippen molar-refractivity contribution >= 4 is 35.5 Å². The van der Waals surface area contributed by atoms with E-state index >= 15 is 0 Å². The summed E-state index contributed by atoms with van der Waals surface area (Å²) in [6, 6.07) is 13.0. The van der Waals surface area contributed by atoms with E-state index in [1.54, 1.807) is 50.2 Å². The molecule has 0 spiro atoms. The monoisotopic (exact) mass is 785 g/mol. The van der Waals surface area contributed by atoms with Gasteiger partial charge in [0.05, 0.1) is 41.3 Å². The summed E-state index contributed by atoms with van der Waals surface area (Å²) in [7, 11) is 0. The molecule has 2 unspecified atom stereocenters. The van der Waals surface area contributed by atoms with Crippen LogP contribution in [0.1, 0.15) is 63.8 Å². The van der Waals surface area contributed by atoms with Crippen molar-refractivity contribution in [2.45, 2.75) is 53.6 Å². The number of benzene rings is 2. The zero-order valence-corrected chi connectivity index (χ0v) is 29.0. The number of hydrogen-bond acceptors (Lipinski definition) is 9. The summed E-state index contributed by atoms with van der Waals surface area (Å²) in [6.07, 6.45) is 3.01. The van der Waals surface area contributed by atoms with Crippen LogP contribution in [0.2, 0.25) is 0 Å². The molecule has 0 saturated heterocycles. The quantitative estimate of drug-likeness (QED) is 0.267. The third-order valence-electron chi connectivity index (χ3n) is 5.26. The number of Topliss-reactive ketones (excluding diaryl/α,β-unsaturated/α-hetero) is 2. The van der Waals surface area contributed by atoms with E-state index in [4.69, 9.17) is 31.5 Å². The molecule has 0 radical (unpaired) electrons. The number of ketones is 2. The van der Waals surface area contributed by atoms with Crippen LogP contribution in [-0.4, -0.2) is 48.7 Å². The summed E-state index contributed by atoms with van der Waals surface area (Å²) in [5.74, 6) is -0.440. The van der Waals surface area contributed by atoms with E-state index in [0.717, 1.165) is 0 Å². The fourth-order valence-corrected chi connectivity index (χ4v) is 3.27. The van der Waals surface area contributed by atoms with E-state index in [1.807, 2.05) is 12.1 Å². The maximum Gasteiger partial charge on any atom is 0.221 e. The topological polar surface area (TPSA) is 208 Å². The van der Waals surface area contributed by atoms with Gasteiger partial charge in [0.2, 0.25) is 11.8 Å². The molecule has 238 valence electrons. The van der Waals surface area contributed by atoms with Crippen LogP contribution in [0, 0.1) is 22.7 Å². The first kappa shape index (κ1) is 40.4. The van der Waals surface area contributed by atoms with Crippen LogP contribution in [0.15, 0.2) is 47.8 Å². The van der Waals surface area contributed by atoms with Crippen LogP contribution in [0.25, 0.3) is 17.9 Å². The average Bonchev–Trinajstić information content (AvgIpc) is 2.94. The van der Waals surface area contributed by atoms with Gasteiger partial charge < -0.3 is 31.6 Å². The molecule has 2 amide bonds. The van der Waals surface area contributed by atoms with Crippen molar-refractivity contribution in [1.29, 1.82) is 10.5 Å². The Balaban J connectivity index is 0.000000842. The molecule has 13 heteroatoms. The Morgan fingerprint density at radius 3 is 1.47 bits per heavy atom. The van der Waals surface area contributed by atoms with Gasteiger partial charge in [0, 0.05) is 65.9 Å². The standard InChI is InChI=1S/C16H19N3O3.C16H18N3O3.W/c2*1-10(18)9-22-16-6-13(8-17)4-5-14(16)7-15(11(2)20)19-12(3)21;/h4-7,10H,9,18H2,1-3H3,(H,19,21);4-7,10,18H,9H2,1-3H3,(H,19,21);/q;-1;/b2*15-7-;. The predicted octanol–water partition coefficient (Wildman–Crippen LogP) is 3.79. The molecule has 2 aromatic rings. The summed E-state index contributed by atoms with van der Waals surface area (Å²) < 4.78 is 11.1. The summed E-state index contributed by atoms with van der Waals surface area (Å²) in [4.78, 5) is 45.5. The van der Waals surface area contributed by atoms with E-state index in [0.29, 0.717) is 33.8 Å². The van der Waals surface area contributed by atoms with Crippen LogP contribution >= 0.6 is 0 Å². The Morgan fingerprint density at radius 1 is 0.800 bits per heavy atom. The van der Waals surface area contributed by atoms with Gasteiger partial charge in [-0.05, 0) is 55.5 Å². The number of carbonyl (C=O) groups is 4. The molecule has 0 aliphatic heterocycles. The van der Waals surface area contributed by atoms with Gasteiger partial charge in [-0.25, -0.2) is 0 Å². The van der Waals surface area contributed by atoms with Gasteiger partial charge in [-0.15, -0.1) is 6.04 Å². The second kappa shape index (κ2) is 20.4. The van der Waals surface area contributed by atoms with E-state index in [-0.39, 0.29) is 75.1 Å². The summed E-state index contributed by atoms with van der Waals surface area (Å²) in [6.45, 7) is 9.24. The zero-order valence-electron chi connectivity index (χ0n) is 26.0. The van der Waals surface area contributed by atoms with E-state index < -0.39 is 6.04 Å². The number of carbonyl (C=O) groups excluding carboxylic acids is 4. The first-order valence-electron chi connectivity index (χ1n) is 13.5. The minimum Gasteiger partial charge on any atom is -0.672 e. The number of rotatable bonds is 12. The maximum atomic E-state index is 11.6. The zero-order chi connectivity index (χ0) is 33.4.